The molecule has 112 valence electrons. The first kappa shape index (κ1) is 15.3. The van der Waals surface area contributed by atoms with E-state index in [0.717, 1.165) is 36.5 Å². The first-order chi connectivity index (χ1) is 10.2. The Balaban J connectivity index is 2.43. The molecular formula is C17H22N2O2. The third kappa shape index (κ3) is 3.32. The van der Waals surface area contributed by atoms with Gasteiger partial charge in [0.15, 0.2) is 5.69 Å². The van der Waals surface area contributed by atoms with Gasteiger partial charge in [-0.2, -0.15) is 0 Å². The zero-order valence-electron chi connectivity index (χ0n) is 12.9. The Bertz CT molecular complexity index is 603. The molecule has 0 radical (unpaired) electrons. The molecule has 0 bridgehead atoms. The van der Waals surface area contributed by atoms with Crippen LogP contribution in [0.3, 0.4) is 0 Å². The van der Waals surface area contributed by atoms with Crippen molar-refractivity contribution in [1.29, 1.82) is 0 Å². The Morgan fingerprint density at radius 2 is 1.90 bits per heavy atom. The van der Waals surface area contributed by atoms with Crippen LogP contribution < -0.4 is 0 Å². The van der Waals surface area contributed by atoms with Gasteiger partial charge in [0.2, 0.25) is 0 Å². The second kappa shape index (κ2) is 7.07. The molecule has 0 saturated heterocycles. The van der Waals surface area contributed by atoms with Crippen LogP contribution in [0, 0.1) is 6.92 Å². The molecule has 0 N–H and O–H groups in total. The number of esters is 1. The molecule has 0 aliphatic heterocycles. The normalized spacial score (nSPS) is 10.6. The van der Waals surface area contributed by atoms with Gasteiger partial charge in [-0.15, -0.1) is 0 Å². The van der Waals surface area contributed by atoms with E-state index in [-0.39, 0.29) is 5.97 Å². The van der Waals surface area contributed by atoms with Crippen LogP contribution in [0.25, 0.3) is 11.4 Å². The maximum absolute atomic E-state index is 12.1. The van der Waals surface area contributed by atoms with Crippen molar-refractivity contribution in [3.63, 3.8) is 0 Å². The summed E-state index contributed by atoms with van der Waals surface area (Å²) in [6.07, 6.45) is 1.80. The summed E-state index contributed by atoms with van der Waals surface area (Å²) >= 11 is 0. The molecule has 2 rings (SSSR count). The number of imidazole rings is 1. The number of hydrogen-bond acceptors (Lipinski definition) is 3. The topological polar surface area (TPSA) is 44.1 Å². The Morgan fingerprint density at radius 1 is 1.19 bits per heavy atom. The number of carbonyl (C=O) groups is 1. The SMILES string of the molecule is CCCOC(=O)c1nc(-c2ccccc2)n(CCC)c1C. The summed E-state index contributed by atoms with van der Waals surface area (Å²) in [5, 5.41) is 0. The number of rotatable bonds is 6. The predicted octanol–water partition coefficient (Wildman–Crippen LogP) is 3.84. The van der Waals surface area contributed by atoms with Gasteiger partial charge in [-0.05, 0) is 19.8 Å². The molecule has 2 aromatic rings. The molecule has 0 amide bonds. The smallest absolute Gasteiger partial charge is 0.358 e. The van der Waals surface area contributed by atoms with E-state index in [1.807, 2.05) is 44.2 Å². The fourth-order valence-corrected chi connectivity index (χ4v) is 2.30. The number of hydrogen-bond donors (Lipinski definition) is 0. The van der Waals surface area contributed by atoms with Crippen LogP contribution in [0.1, 0.15) is 42.9 Å². The van der Waals surface area contributed by atoms with Gasteiger partial charge in [0.05, 0.1) is 6.61 Å². The van der Waals surface area contributed by atoms with Crippen LogP contribution in [-0.2, 0) is 11.3 Å². The van der Waals surface area contributed by atoms with Crippen LogP contribution >= 0.6 is 0 Å². The van der Waals surface area contributed by atoms with Crippen LogP contribution in [0.5, 0.6) is 0 Å². The minimum atomic E-state index is -0.332. The van der Waals surface area contributed by atoms with Gasteiger partial charge >= 0.3 is 5.97 Å². The molecule has 0 unspecified atom stereocenters. The molecule has 4 nitrogen and oxygen atoms in total. The molecule has 0 saturated carbocycles. The van der Waals surface area contributed by atoms with Crippen molar-refractivity contribution in [3.8, 4) is 11.4 Å². The molecule has 0 fully saturated rings. The lowest BCUT2D eigenvalue weighted by Gasteiger charge is -2.08. The molecule has 0 atom stereocenters. The van der Waals surface area contributed by atoms with Crippen molar-refractivity contribution in [3.05, 3.63) is 41.7 Å². The maximum atomic E-state index is 12.1. The number of ether oxygens (including phenoxy) is 1. The van der Waals surface area contributed by atoms with E-state index < -0.39 is 0 Å². The van der Waals surface area contributed by atoms with E-state index in [0.29, 0.717) is 12.3 Å². The summed E-state index contributed by atoms with van der Waals surface area (Å²) in [4.78, 5) is 16.7. The van der Waals surface area contributed by atoms with Gasteiger partial charge in [-0.1, -0.05) is 44.2 Å². The van der Waals surface area contributed by atoms with Crippen molar-refractivity contribution >= 4 is 5.97 Å². The average Bonchev–Trinajstić information content (AvgIpc) is 2.84. The van der Waals surface area contributed by atoms with Crippen molar-refractivity contribution in [2.24, 2.45) is 0 Å². The van der Waals surface area contributed by atoms with Crippen LogP contribution in [-0.4, -0.2) is 22.1 Å². The summed E-state index contributed by atoms with van der Waals surface area (Å²) in [6, 6.07) is 9.94. The molecular weight excluding hydrogens is 264 g/mol. The Kier molecular flexibility index (Phi) is 5.14. The van der Waals surface area contributed by atoms with Gasteiger partial charge in [0.1, 0.15) is 5.82 Å². The van der Waals surface area contributed by atoms with Gasteiger partial charge in [-0.3, -0.25) is 0 Å². The van der Waals surface area contributed by atoms with Gasteiger partial charge in [0, 0.05) is 17.8 Å². The highest BCUT2D eigenvalue weighted by Gasteiger charge is 2.21. The van der Waals surface area contributed by atoms with Crippen LogP contribution in [0.15, 0.2) is 30.3 Å². The molecule has 0 spiro atoms. The predicted molar refractivity (Wildman–Crippen MR) is 83.3 cm³/mol. The first-order valence-corrected chi connectivity index (χ1v) is 7.48. The number of nitrogens with zero attached hydrogens (tertiary/aromatic N) is 2. The third-order valence-electron chi connectivity index (χ3n) is 3.33. The monoisotopic (exact) mass is 286 g/mol. The van der Waals surface area contributed by atoms with Crippen LogP contribution in [0.4, 0.5) is 0 Å². The Morgan fingerprint density at radius 3 is 2.52 bits per heavy atom. The second-order valence-corrected chi connectivity index (χ2v) is 5.02. The van der Waals surface area contributed by atoms with Gasteiger partial charge in [-0.25, -0.2) is 9.78 Å². The third-order valence-corrected chi connectivity index (χ3v) is 3.33. The van der Waals surface area contributed by atoms with E-state index >= 15 is 0 Å². The molecule has 0 aliphatic carbocycles. The summed E-state index contributed by atoms with van der Waals surface area (Å²) < 4.78 is 7.32. The number of aromatic nitrogens is 2. The van der Waals surface area contributed by atoms with Gasteiger partial charge in [0.25, 0.3) is 0 Å². The fraction of sp³-hybridized carbons (Fsp3) is 0.412. The van der Waals surface area contributed by atoms with Crippen LogP contribution in [0.2, 0.25) is 0 Å². The molecule has 0 aliphatic rings. The summed E-state index contributed by atoms with van der Waals surface area (Å²) in [7, 11) is 0. The summed E-state index contributed by atoms with van der Waals surface area (Å²) in [5.41, 5.74) is 2.32. The minimum Gasteiger partial charge on any atom is -0.461 e. The lowest BCUT2D eigenvalue weighted by atomic mass is 10.2. The molecule has 1 aromatic carbocycles. The highest BCUT2D eigenvalue weighted by atomic mass is 16.5. The fourth-order valence-electron chi connectivity index (χ4n) is 2.30. The zero-order chi connectivity index (χ0) is 15.2. The highest BCUT2D eigenvalue weighted by Crippen LogP contribution is 2.23. The molecule has 4 heteroatoms. The highest BCUT2D eigenvalue weighted by molar-refractivity contribution is 5.89. The van der Waals surface area contributed by atoms with Gasteiger partial charge < -0.3 is 9.30 Å². The second-order valence-electron chi connectivity index (χ2n) is 5.02. The zero-order valence-corrected chi connectivity index (χ0v) is 12.9. The van der Waals surface area contributed by atoms with Crippen molar-refractivity contribution in [1.82, 2.24) is 9.55 Å². The minimum absolute atomic E-state index is 0.332. The molecule has 1 aromatic heterocycles. The quantitative estimate of drug-likeness (QED) is 0.758. The number of benzene rings is 1. The van der Waals surface area contributed by atoms with E-state index in [1.54, 1.807) is 0 Å². The molecule has 1 heterocycles. The number of carbonyl (C=O) groups excluding carboxylic acids is 1. The largest absolute Gasteiger partial charge is 0.461 e. The summed E-state index contributed by atoms with van der Waals surface area (Å²) in [6.45, 7) is 7.29. The summed E-state index contributed by atoms with van der Waals surface area (Å²) in [5.74, 6) is 0.500. The standard InChI is InChI=1S/C17H22N2O2/c1-4-11-19-13(3)15(17(20)21-12-5-2)18-16(19)14-9-7-6-8-10-14/h6-10H,4-5,11-12H2,1-3H3. The lowest BCUT2D eigenvalue weighted by molar-refractivity contribution is 0.0498. The lowest BCUT2D eigenvalue weighted by Crippen LogP contribution is -2.09. The van der Waals surface area contributed by atoms with Crippen molar-refractivity contribution in [2.75, 3.05) is 6.61 Å². The molecule has 21 heavy (non-hydrogen) atoms. The van der Waals surface area contributed by atoms with Crippen molar-refractivity contribution in [2.45, 2.75) is 40.2 Å². The maximum Gasteiger partial charge on any atom is 0.358 e. The van der Waals surface area contributed by atoms with E-state index in [1.165, 1.54) is 0 Å². The van der Waals surface area contributed by atoms with Crippen molar-refractivity contribution < 1.29 is 9.53 Å². The van der Waals surface area contributed by atoms with E-state index in [4.69, 9.17) is 4.74 Å². The average molecular weight is 286 g/mol. The Labute approximate surface area is 125 Å². The van der Waals surface area contributed by atoms with E-state index in [2.05, 4.69) is 16.5 Å². The Hall–Kier alpha value is -2.10. The first-order valence-electron chi connectivity index (χ1n) is 7.48. The van der Waals surface area contributed by atoms with E-state index in [9.17, 15) is 4.79 Å².